The van der Waals surface area contributed by atoms with E-state index in [4.69, 9.17) is 4.74 Å². The van der Waals surface area contributed by atoms with Gasteiger partial charge in [0.15, 0.2) is 5.75 Å². The lowest BCUT2D eigenvalue weighted by atomic mass is 10.0. The molecular weight excluding hydrogens is 242 g/mol. The molecule has 0 saturated heterocycles. The number of methoxy groups -OCH3 is 1. The van der Waals surface area contributed by atoms with Crippen molar-refractivity contribution in [1.82, 2.24) is 14.8 Å². The maximum absolute atomic E-state index is 10.6. The highest BCUT2D eigenvalue weighted by atomic mass is 16.5. The Balaban J connectivity index is 2.52. The summed E-state index contributed by atoms with van der Waals surface area (Å²) in [6, 6.07) is 2.02. The fraction of sp³-hybridized carbons (Fsp3) is 0.429. The van der Waals surface area contributed by atoms with Gasteiger partial charge in [0.25, 0.3) is 0 Å². The van der Waals surface area contributed by atoms with Gasteiger partial charge in [0.1, 0.15) is 11.8 Å². The van der Waals surface area contributed by atoms with E-state index < -0.39 is 6.10 Å². The normalized spacial score (nSPS) is 12.7. The van der Waals surface area contributed by atoms with Crippen molar-refractivity contribution in [2.45, 2.75) is 32.9 Å². The minimum absolute atomic E-state index is 0.144. The SMILES string of the molecule is COc1cnn(C(C)C)c1C(O)c1cnccc1C. The fourth-order valence-electron chi connectivity index (χ4n) is 2.09. The second kappa shape index (κ2) is 5.40. The minimum Gasteiger partial charge on any atom is -0.493 e. The van der Waals surface area contributed by atoms with Gasteiger partial charge in [0.05, 0.1) is 13.3 Å². The number of nitrogens with zero attached hydrogens (tertiary/aromatic N) is 3. The lowest BCUT2D eigenvalue weighted by Crippen LogP contribution is -2.14. The van der Waals surface area contributed by atoms with Crippen LogP contribution in [0.15, 0.2) is 24.7 Å². The Morgan fingerprint density at radius 1 is 1.32 bits per heavy atom. The molecule has 0 saturated carbocycles. The molecule has 0 aliphatic carbocycles. The summed E-state index contributed by atoms with van der Waals surface area (Å²) in [4.78, 5) is 4.08. The first-order chi connectivity index (χ1) is 9.06. The van der Waals surface area contributed by atoms with Crippen LogP contribution in [0.4, 0.5) is 0 Å². The molecule has 2 aromatic heterocycles. The van der Waals surface area contributed by atoms with Gasteiger partial charge in [-0.15, -0.1) is 0 Å². The standard InChI is InChI=1S/C14H19N3O2/c1-9(2)17-13(12(19-4)8-16-17)14(18)11-7-15-6-5-10(11)3/h5-9,14,18H,1-4H3. The molecule has 2 heterocycles. The minimum atomic E-state index is -0.798. The van der Waals surface area contributed by atoms with Gasteiger partial charge < -0.3 is 9.84 Å². The Morgan fingerprint density at radius 3 is 2.63 bits per heavy atom. The molecule has 1 atom stereocenters. The number of hydrogen-bond acceptors (Lipinski definition) is 4. The molecule has 0 radical (unpaired) electrons. The van der Waals surface area contributed by atoms with Gasteiger partial charge in [0, 0.05) is 24.0 Å². The third-order valence-corrected chi connectivity index (χ3v) is 3.14. The van der Waals surface area contributed by atoms with E-state index in [0.717, 1.165) is 11.1 Å². The number of aromatic nitrogens is 3. The molecule has 1 N–H and O–H groups in total. The smallest absolute Gasteiger partial charge is 0.163 e. The Kier molecular flexibility index (Phi) is 3.85. The molecule has 0 bridgehead atoms. The summed E-state index contributed by atoms with van der Waals surface area (Å²) >= 11 is 0. The predicted octanol–water partition coefficient (Wildman–Crippen LogP) is 2.26. The molecule has 0 amide bonds. The van der Waals surface area contributed by atoms with Gasteiger partial charge in [-0.25, -0.2) is 0 Å². The van der Waals surface area contributed by atoms with E-state index in [1.807, 2.05) is 26.8 Å². The lowest BCUT2D eigenvalue weighted by molar-refractivity contribution is 0.198. The van der Waals surface area contributed by atoms with Crippen LogP contribution in [-0.4, -0.2) is 27.0 Å². The summed E-state index contributed by atoms with van der Waals surface area (Å²) in [5.41, 5.74) is 2.41. The number of ether oxygens (including phenoxy) is 1. The second-order valence-electron chi connectivity index (χ2n) is 4.77. The van der Waals surface area contributed by atoms with E-state index in [9.17, 15) is 5.11 Å². The average Bonchev–Trinajstić information content (AvgIpc) is 2.82. The number of pyridine rings is 1. The van der Waals surface area contributed by atoms with E-state index >= 15 is 0 Å². The highest BCUT2D eigenvalue weighted by molar-refractivity contribution is 5.37. The highest BCUT2D eigenvalue weighted by Crippen LogP contribution is 2.32. The molecule has 1 unspecified atom stereocenters. The molecule has 0 spiro atoms. The third kappa shape index (κ3) is 2.46. The van der Waals surface area contributed by atoms with Crippen molar-refractivity contribution < 1.29 is 9.84 Å². The molecule has 5 heteroatoms. The van der Waals surface area contributed by atoms with Crippen molar-refractivity contribution in [1.29, 1.82) is 0 Å². The van der Waals surface area contributed by atoms with Gasteiger partial charge in [-0.1, -0.05) is 0 Å². The molecule has 2 rings (SSSR count). The monoisotopic (exact) mass is 261 g/mol. The van der Waals surface area contributed by atoms with E-state index in [2.05, 4.69) is 10.1 Å². The van der Waals surface area contributed by atoms with Gasteiger partial charge in [-0.2, -0.15) is 5.10 Å². The van der Waals surface area contributed by atoms with Gasteiger partial charge in [0.2, 0.25) is 0 Å². The van der Waals surface area contributed by atoms with E-state index in [1.165, 1.54) is 0 Å². The average molecular weight is 261 g/mol. The largest absolute Gasteiger partial charge is 0.493 e. The van der Waals surface area contributed by atoms with Crippen molar-refractivity contribution in [3.05, 3.63) is 41.5 Å². The van der Waals surface area contributed by atoms with Crippen LogP contribution in [0.2, 0.25) is 0 Å². The van der Waals surface area contributed by atoms with E-state index in [-0.39, 0.29) is 6.04 Å². The molecule has 2 aromatic rings. The van der Waals surface area contributed by atoms with Crippen LogP contribution in [0, 0.1) is 6.92 Å². The van der Waals surface area contributed by atoms with Crippen molar-refractivity contribution in [2.75, 3.05) is 7.11 Å². The topological polar surface area (TPSA) is 60.2 Å². The zero-order valence-electron chi connectivity index (χ0n) is 11.7. The quantitative estimate of drug-likeness (QED) is 0.917. The number of rotatable bonds is 4. The second-order valence-corrected chi connectivity index (χ2v) is 4.77. The summed E-state index contributed by atoms with van der Waals surface area (Å²) in [6.07, 6.45) is 4.22. The van der Waals surface area contributed by atoms with Gasteiger partial charge in [-0.05, 0) is 32.4 Å². The maximum atomic E-state index is 10.6. The van der Waals surface area contributed by atoms with E-state index in [1.54, 1.807) is 30.4 Å². The molecule has 5 nitrogen and oxygen atoms in total. The summed E-state index contributed by atoms with van der Waals surface area (Å²) in [7, 11) is 1.58. The molecule has 0 aliphatic rings. The number of aryl methyl sites for hydroxylation is 1. The van der Waals surface area contributed by atoms with Gasteiger partial charge >= 0.3 is 0 Å². The summed E-state index contributed by atoms with van der Waals surface area (Å²) < 4.78 is 7.07. The first kappa shape index (κ1) is 13.5. The summed E-state index contributed by atoms with van der Waals surface area (Å²) in [5.74, 6) is 0.587. The zero-order chi connectivity index (χ0) is 14.0. The van der Waals surface area contributed by atoms with Gasteiger partial charge in [-0.3, -0.25) is 9.67 Å². The zero-order valence-corrected chi connectivity index (χ0v) is 11.7. The van der Waals surface area contributed by atoms with Crippen LogP contribution in [0.3, 0.4) is 0 Å². The molecule has 0 aliphatic heterocycles. The predicted molar refractivity (Wildman–Crippen MR) is 72.2 cm³/mol. The fourth-order valence-corrected chi connectivity index (χ4v) is 2.09. The Morgan fingerprint density at radius 2 is 2.05 bits per heavy atom. The van der Waals surface area contributed by atoms with Crippen LogP contribution in [0.1, 0.15) is 42.8 Å². The first-order valence-electron chi connectivity index (χ1n) is 6.26. The van der Waals surface area contributed by atoms with Crippen LogP contribution >= 0.6 is 0 Å². The molecular formula is C14H19N3O2. The third-order valence-electron chi connectivity index (χ3n) is 3.14. The summed E-state index contributed by atoms with van der Waals surface area (Å²) in [6.45, 7) is 5.97. The number of aliphatic hydroxyl groups is 1. The molecule has 102 valence electrons. The van der Waals surface area contributed by atoms with E-state index in [0.29, 0.717) is 11.4 Å². The van der Waals surface area contributed by atoms with Crippen LogP contribution < -0.4 is 4.74 Å². The molecule has 0 aromatic carbocycles. The molecule has 19 heavy (non-hydrogen) atoms. The number of hydrogen-bond donors (Lipinski definition) is 1. The first-order valence-corrected chi connectivity index (χ1v) is 6.26. The number of aliphatic hydroxyl groups excluding tert-OH is 1. The Labute approximate surface area is 112 Å². The van der Waals surface area contributed by atoms with Crippen molar-refractivity contribution in [3.8, 4) is 5.75 Å². The van der Waals surface area contributed by atoms with Crippen molar-refractivity contribution in [2.24, 2.45) is 0 Å². The van der Waals surface area contributed by atoms with Crippen LogP contribution in [-0.2, 0) is 0 Å². The van der Waals surface area contributed by atoms with Crippen LogP contribution in [0.25, 0.3) is 0 Å². The summed E-state index contributed by atoms with van der Waals surface area (Å²) in [5, 5.41) is 14.9. The lowest BCUT2D eigenvalue weighted by Gasteiger charge is -2.18. The maximum Gasteiger partial charge on any atom is 0.163 e. The molecule has 0 fully saturated rings. The van der Waals surface area contributed by atoms with Crippen molar-refractivity contribution >= 4 is 0 Å². The highest BCUT2D eigenvalue weighted by Gasteiger charge is 2.24. The van der Waals surface area contributed by atoms with Crippen LogP contribution in [0.5, 0.6) is 5.75 Å². The van der Waals surface area contributed by atoms with Crippen molar-refractivity contribution in [3.63, 3.8) is 0 Å². The Hall–Kier alpha value is -1.88. The Bertz CT molecular complexity index is 564.